The number of piperidine rings is 1. The van der Waals surface area contributed by atoms with E-state index >= 15 is 0 Å². The highest BCUT2D eigenvalue weighted by Crippen LogP contribution is 2.45. The highest BCUT2D eigenvalue weighted by atomic mass is 16.3. The topological polar surface area (TPSA) is 96.9 Å². The summed E-state index contributed by atoms with van der Waals surface area (Å²) in [4.78, 5) is 29.5. The summed E-state index contributed by atoms with van der Waals surface area (Å²) < 4.78 is 0. The second kappa shape index (κ2) is 10.3. The summed E-state index contributed by atoms with van der Waals surface area (Å²) >= 11 is 0. The van der Waals surface area contributed by atoms with Crippen molar-refractivity contribution in [1.82, 2.24) is 20.4 Å². The zero-order valence-electron chi connectivity index (χ0n) is 22.2. The van der Waals surface area contributed by atoms with Gasteiger partial charge in [0, 0.05) is 37.3 Å². The first-order valence-corrected chi connectivity index (χ1v) is 14.1. The molecule has 0 radical (unpaired) electrons. The zero-order valence-corrected chi connectivity index (χ0v) is 22.2. The van der Waals surface area contributed by atoms with E-state index < -0.39 is 5.60 Å². The third-order valence-electron chi connectivity index (χ3n) is 8.97. The Labute approximate surface area is 224 Å². The van der Waals surface area contributed by atoms with Gasteiger partial charge in [0.2, 0.25) is 11.8 Å². The van der Waals surface area contributed by atoms with Gasteiger partial charge in [-0.2, -0.15) is 0 Å². The average molecular weight is 518 g/mol. The van der Waals surface area contributed by atoms with E-state index in [2.05, 4.69) is 53.2 Å². The van der Waals surface area contributed by atoms with Gasteiger partial charge in [0.25, 0.3) is 0 Å². The fraction of sp³-hybridized carbons (Fsp3) is 0.533. The van der Waals surface area contributed by atoms with Gasteiger partial charge in [0.05, 0.1) is 31.4 Å². The van der Waals surface area contributed by atoms with E-state index in [1.54, 1.807) is 4.90 Å². The Morgan fingerprint density at radius 2 is 1.84 bits per heavy atom. The first-order chi connectivity index (χ1) is 18.4. The number of nitrogens with one attached hydrogen (secondary N) is 3. The molecule has 4 aliphatic rings. The fourth-order valence-corrected chi connectivity index (χ4v) is 6.63. The van der Waals surface area contributed by atoms with E-state index in [9.17, 15) is 14.7 Å². The molecule has 0 spiro atoms. The van der Waals surface area contributed by atoms with Gasteiger partial charge in [-0.1, -0.05) is 43.3 Å². The van der Waals surface area contributed by atoms with Gasteiger partial charge < -0.3 is 25.5 Å². The molecule has 8 nitrogen and oxygen atoms in total. The smallest absolute Gasteiger partial charge is 0.227 e. The van der Waals surface area contributed by atoms with Crippen molar-refractivity contribution in [2.24, 2.45) is 0 Å². The van der Waals surface area contributed by atoms with Crippen molar-refractivity contribution >= 4 is 17.5 Å². The maximum Gasteiger partial charge on any atom is 0.227 e. The maximum atomic E-state index is 13.0. The first-order valence-electron chi connectivity index (χ1n) is 14.1. The van der Waals surface area contributed by atoms with Crippen LogP contribution in [0.25, 0.3) is 0 Å². The summed E-state index contributed by atoms with van der Waals surface area (Å²) in [7, 11) is 0. The van der Waals surface area contributed by atoms with Gasteiger partial charge in [-0.3, -0.25) is 14.9 Å². The number of nitrogens with zero attached hydrogens (tertiary/aromatic N) is 2. The molecular weight excluding hydrogens is 478 g/mol. The Bertz CT molecular complexity index is 1180. The molecule has 0 saturated carbocycles. The van der Waals surface area contributed by atoms with Gasteiger partial charge in [0.1, 0.15) is 0 Å². The second-order valence-corrected chi connectivity index (χ2v) is 11.7. The minimum Gasteiger partial charge on any atom is -0.388 e. The summed E-state index contributed by atoms with van der Waals surface area (Å²) in [5.41, 5.74) is 4.03. The highest BCUT2D eigenvalue weighted by Gasteiger charge is 2.39. The number of β-amino-alcohol motifs (C(OH)–C–C–N with tert-alkyl or cyclic N) is 1. The van der Waals surface area contributed by atoms with Crippen LogP contribution in [0.5, 0.6) is 0 Å². The maximum absolute atomic E-state index is 13.0. The molecule has 4 atom stereocenters. The highest BCUT2D eigenvalue weighted by molar-refractivity contribution is 5.78. The minimum absolute atomic E-state index is 0.0340. The zero-order chi connectivity index (χ0) is 26.3. The van der Waals surface area contributed by atoms with Crippen LogP contribution in [-0.2, 0) is 9.59 Å². The van der Waals surface area contributed by atoms with Gasteiger partial charge in [-0.15, -0.1) is 0 Å². The lowest BCUT2D eigenvalue weighted by molar-refractivity contribution is -0.144. The number of likely N-dealkylation sites (tertiary alicyclic amines) is 1. The number of amides is 2. The molecule has 0 aromatic heterocycles. The first kappa shape index (κ1) is 25.3. The van der Waals surface area contributed by atoms with Crippen LogP contribution in [-0.4, -0.2) is 64.8 Å². The van der Waals surface area contributed by atoms with Crippen molar-refractivity contribution in [1.29, 1.82) is 0 Å². The van der Waals surface area contributed by atoms with Crippen LogP contribution in [0.2, 0.25) is 0 Å². The van der Waals surface area contributed by atoms with Crippen LogP contribution < -0.4 is 16.0 Å². The monoisotopic (exact) mass is 517 g/mol. The molecule has 4 aliphatic heterocycles. The summed E-state index contributed by atoms with van der Waals surface area (Å²) in [5, 5.41) is 21.8. The van der Waals surface area contributed by atoms with E-state index in [-0.39, 0.29) is 23.9 Å². The van der Waals surface area contributed by atoms with E-state index in [0.29, 0.717) is 64.1 Å². The molecule has 4 heterocycles. The predicted octanol–water partition coefficient (Wildman–Crippen LogP) is 3.23. The molecule has 2 amide bonds. The van der Waals surface area contributed by atoms with Crippen LogP contribution in [0.1, 0.15) is 80.1 Å². The molecule has 4 N–H and O–H groups in total. The van der Waals surface area contributed by atoms with Crippen molar-refractivity contribution in [2.75, 3.05) is 31.6 Å². The molecule has 3 fully saturated rings. The molecule has 38 heavy (non-hydrogen) atoms. The Kier molecular flexibility index (Phi) is 6.88. The normalized spacial score (nSPS) is 26.8. The molecule has 2 bridgehead atoms. The van der Waals surface area contributed by atoms with Gasteiger partial charge in [-0.05, 0) is 60.4 Å². The van der Waals surface area contributed by atoms with Crippen molar-refractivity contribution < 1.29 is 14.7 Å². The molecule has 2 aromatic rings. The van der Waals surface area contributed by atoms with Crippen LogP contribution in [0, 0.1) is 0 Å². The van der Waals surface area contributed by atoms with E-state index in [4.69, 9.17) is 0 Å². The molecular formula is C30H39N5O3. The fourth-order valence-electron chi connectivity index (χ4n) is 6.63. The number of carbonyl (C=O) groups excluding carboxylic acids is 2. The lowest BCUT2D eigenvalue weighted by Crippen LogP contribution is -2.59. The Morgan fingerprint density at radius 3 is 2.58 bits per heavy atom. The molecule has 3 unspecified atom stereocenters. The van der Waals surface area contributed by atoms with Gasteiger partial charge in [-0.25, -0.2) is 0 Å². The standard InChI is InChI=1S/C30H39N5O3/c1-20(21-5-3-2-4-6-21)15-28(36)34-13-11-30(38,12-14-34)18-35-19-31-27(17-29(35)37)32-22-7-8-23-24(16-22)26-10-9-25(23)33-26/h2-8,16,20,25-27,31-33,38H,9-15,17-19H2,1H3/t20-,25?,26?,27?/m1/s1. The number of rotatable bonds is 7. The van der Waals surface area contributed by atoms with E-state index in [1.165, 1.54) is 29.5 Å². The second-order valence-electron chi connectivity index (χ2n) is 11.7. The number of anilines is 1. The number of aliphatic hydroxyl groups is 1. The number of hydrogen-bond acceptors (Lipinski definition) is 6. The number of hydrogen-bond donors (Lipinski definition) is 4. The molecule has 0 aliphatic carbocycles. The largest absolute Gasteiger partial charge is 0.388 e. The average Bonchev–Trinajstić information content (AvgIpc) is 3.54. The van der Waals surface area contributed by atoms with Crippen LogP contribution in [0.3, 0.4) is 0 Å². The third kappa shape index (κ3) is 5.17. The molecule has 6 rings (SSSR count). The summed E-state index contributed by atoms with van der Waals surface area (Å²) in [5.74, 6) is 0.321. The quantitative estimate of drug-likeness (QED) is 0.450. The lowest BCUT2D eigenvalue weighted by Gasteiger charge is -2.43. The van der Waals surface area contributed by atoms with Crippen LogP contribution >= 0.6 is 0 Å². The third-order valence-corrected chi connectivity index (χ3v) is 8.97. The number of benzene rings is 2. The SMILES string of the molecule is C[C@H](CC(=O)N1CCC(O)(CN2CNC(Nc3ccc4c(c3)C3CCC4N3)CC2=O)CC1)c1ccccc1. The van der Waals surface area contributed by atoms with Crippen LogP contribution in [0.4, 0.5) is 5.69 Å². The van der Waals surface area contributed by atoms with Gasteiger partial charge >= 0.3 is 0 Å². The molecule has 3 saturated heterocycles. The van der Waals surface area contributed by atoms with Crippen molar-refractivity contribution in [3.63, 3.8) is 0 Å². The van der Waals surface area contributed by atoms with Crippen molar-refractivity contribution in [3.8, 4) is 0 Å². The van der Waals surface area contributed by atoms with Gasteiger partial charge in [0.15, 0.2) is 0 Å². The van der Waals surface area contributed by atoms with Crippen LogP contribution in [0.15, 0.2) is 48.5 Å². The Hall–Kier alpha value is -2.94. The van der Waals surface area contributed by atoms with Crippen molar-refractivity contribution in [3.05, 3.63) is 65.2 Å². The Morgan fingerprint density at radius 1 is 1.11 bits per heavy atom. The molecule has 2 aromatic carbocycles. The van der Waals surface area contributed by atoms with E-state index in [0.717, 1.165) is 5.69 Å². The van der Waals surface area contributed by atoms with E-state index in [1.807, 2.05) is 23.1 Å². The summed E-state index contributed by atoms with van der Waals surface area (Å²) in [6.07, 6.45) is 4.03. The Balaban J connectivity index is 0.972. The molecule has 8 heteroatoms. The molecule has 202 valence electrons. The summed E-state index contributed by atoms with van der Waals surface area (Å²) in [6.45, 7) is 3.81. The van der Waals surface area contributed by atoms with Crippen molar-refractivity contribution in [2.45, 2.75) is 75.2 Å². The number of carbonyl (C=O) groups is 2. The predicted molar refractivity (Wildman–Crippen MR) is 146 cm³/mol. The summed E-state index contributed by atoms with van der Waals surface area (Å²) in [6, 6.07) is 17.6. The lowest BCUT2D eigenvalue weighted by atomic mass is 9.89. The number of fused-ring (bicyclic) bond motifs is 5. The minimum atomic E-state index is -0.967.